The third-order valence-corrected chi connectivity index (χ3v) is 4.96. The smallest absolute Gasteiger partial charge is 0.228 e. The van der Waals surface area contributed by atoms with Crippen molar-refractivity contribution in [2.24, 2.45) is 5.73 Å². The van der Waals surface area contributed by atoms with Crippen molar-refractivity contribution < 1.29 is 9.53 Å². The second-order valence-corrected chi connectivity index (χ2v) is 6.56. The fourth-order valence-corrected chi connectivity index (χ4v) is 3.57. The number of carbonyl (C=O) groups is 1. The molecular weight excluding hydrogens is 286 g/mol. The topological polar surface area (TPSA) is 68.5 Å². The molecule has 0 radical (unpaired) electrons. The first-order valence-electron chi connectivity index (χ1n) is 7.62. The van der Waals surface area contributed by atoms with Gasteiger partial charge in [0.1, 0.15) is 11.1 Å². The van der Waals surface area contributed by atoms with Crippen LogP contribution in [-0.2, 0) is 16.0 Å². The summed E-state index contributed by atoms with van der Waals surface area (Å²) in [6.07, 6.45) is 2.14. The van der Waals surface area contributed by atoms with Gasteiger partial charge in [-0.15, -0.1) is 11.3 Å². The Morgan fingerprint density at radius 1 is 1.67 bits per heavy atom. The van der Waals surface area contributed by atoms with E-state index in [1.807, 2.05) is 24.1 Å². The molecule has 0 bridgehead atoms. The molecule has 2 rings (SSSR count). The van der Waals surface area contributed by atoms with Gasteiger partial charge < -0.3 is 15.4 Å². The Morgan fingerprint density at radius 2 is 2.43 bits per heavy atom. The van der Waals surface area contributed by atoms with Crippen molar-refractivity contribution in [1.82, 2.24) is 9.88 Å². The number of nitrogens with two attached hydrogens (primary N) is 1. The summed E-state index contributed by atoms with van der Waals surface area (Å²) in [5.41, 5.74) is 6.78. The highest BCUT2D eigenvalue weighted by atomic mass is 32.1. The van der Waals surface area contributed by atoms with E-state index in [0.717, 1.165) is 30.1 Å². The Kier molecular flexibility index (Phi) is 5.72. The minimum Gasteiger partial charge on any atom is -0.372 e. The van der Waals surface area contributed by atoms with Crippen LogP contribution in [0.5, 0.6) is 0 Å². The van der Waals surface area contributed by atoms with Crippen molar-refractivity contribution in [1.29, 1.82) is 0 Å². The summed E-state index contributed by atoms with van der Waals surface area (Å²) in [5.74, 6) is 0.148. The second kappa shape index (κ2) is 7.33. The molecule has 1 aromatic rings. The lowest BCUT2D eigenvalue weighted by Crippen LogP contribution is -2.48. The summed E-state index contributed by atoms with van der Waals surface area (Å²) < 4.78 is 5.53. The molecule has 1 aromatic heterocycles. The van der Waals surface area contributed by atoms with E-state index >= 15 is 0 Å². The molecule has 1 saturated heterocycles. The summed E-state index contributed by atoms with van der Waals surface area (Å²) in [4.78, 5) is 18.9. The Hall–Kier alpha value is -0.980. The molecule has 1 aliphatic rings. The first-order valence-corrected chi connectivity index (χ1v) is 8.50. The lowest BCUT2D eigenvalue weighted by Gasteiger charge is -2.36. The highest BCUT2D eigenvalue weighted by Gasteiger charge is 2.27. The summed E-state index contributed by atoms with van der Waals surface area (Å²) in [6.45, 7) is 7.45. The first-order chi connectivity index (χ1) is 10.0. The molecule has 6 heteroatoms. The van der Waals surface area contributed by atoms with Crippen LogP contribution in [0, 0.1) is 0 Å². The number of likely N-dealkylation sites (tertiary alicyclic amines) is 1. The third kappa shape index (κ3) is 4.25. The molecule has 0 spiro atoms. The maximum Gasteiger partial charge on any atom is 0.228 e. The van der Waals surface area contributed by atoms with Crippen LogP contribution in [0.25, 0.3) is 0 Å². The molecule has 1 amide bonds. The highest BCUT2D eigenvalue weighted by Crippen LogP contribution is 2.22. The molecule has 118 valence electrons. The van der Waals surface area contributed by atoms with Crippen LogP contribution in [0.4, 0.5) is 0 Å². The molecular formula is C15H25N3O2S. The Labute approximate surface area is 130 Å². The van der Waals surface area contributed by atoms with Crippen molar-refractivity contribution in [3.8, 4) is 0 Å². The normalized spacial score (nSPS) is 24.1. The molecule has 0 aliphatic carbocycles. The molecule has 3 atom stereocenters. The zero-order chi connectivity index (χ0) is 15.4. The van der Waals surface area contributed by atoms with E-state index in [0.29, 0.717) is 13.0 Å². The van der Waals surface area contributed by atoms with Crippen molar-refractivity contribution in [3.63, 3.8) is 0 Å². The van der Waals surface area contributed by atoms with Gasteiger partial charge in [0.05, 0.1) is 12.1 Å². The van der Waals surface area contributed by atoms with Crippen LogP contribution in [0.3, 0.4) is 0 Å². The summed E-state index contributed by atoms with van der Waals surface area (Å²) in [7, 11) is 0. The average Bonchev–Trinajstić information content (AvgIpc) is 2.87. The molecule has 0 unspecified atom stereocenters. The molecule has 0 saturated carbocycles. The standard InChI is InChI=1S/C15H25N3O2S/c1-4-20-11(3)15-17-13(9-21-15)8-14(19)18-6-5-12(16)7-10(18)2/h9-12H,4-8,16H2,1-3H3/t10-,11-,12+/m1/s1. The zero-order valence-electron chi connectivity index (χ0n) is 13.0. The second-order valence-electron chi connectivity index (χ2n) is 5.67. The lowest BCUT2D eigenvalue weighted by atomic mass is 9.98. The molecule has 0 aromatic carbocycles. The molecule has 1 aliphatic heterocycles. The Bertz CT molecular complexity index is 477. The first kappa shape index (κ1) is 16.4. The molecule has 2 N–H and O–H groups in total. The average molecular weight is 311 g/mol. The van der Waals surface area contributed by atoms with Crippen molar-refractivity contribution >= 4 is 17.2 Å². The predicted molar refractivity (Wildman–Crippen MR) is 84.2 cm³/mol. The number of hydrogen-bond donors (Lipinski definition) is 1. The minimum absolute atomic E-state index is 0.00393. The van der Waals surface area contributed by atoms with E-state index in [2.05, 4.69) is 11.9 Å². The number of rotatable bonds is 5. The maximum atomic E-state index is 12.4. The van der Waals surface area contributed by atoms with Gasteiger partial charge in [-0.1, -0.05) is 0 Å². The lowest BCUT2D eigenvalue weighted by molar-refractivity contribution is -0.133. The summed E-state index contributed by atoms with van der Waals surface area (Å²) >= 11 is 1.56. The molecule has 2 heterocycles. The van der Waals surface area contributed by atoms with Crippen molar-refractivity contribution in [3.05, 3.63) is 16.1 Å². The number of ether oxygens (including phenoxy) is 1. The molecule has 21 heavy (non-hydrogen) atoms. The number of amides is 1. The van der Waals surface area contributed by atoms with Crippen LogP contribution in [0.1, 0.15) is 50.4 Å². The monoisotopic (exact) mass is 311 g/mol. The number of aromatic nitrogens is 1. The zero-order valence-corrected chi connectivity index (χ0v) is 13.9. The fourth-order valence-electron chi connectivity index (χ4n) is 2.75. The Balaban J connectivity index is 1.93. The number of thiazole rings is 1. The van der Waals surface area contributed by atoms with Gasteiger partial charge in [0.25, 0.3) is 0 Å². The van der Waals surface area contributed by atoms with Gasteiger partial charge in [-0.3, -0.25) is 4.79 Å². The number of carbonyl (C=O) groups excluding carboxylic acids is 1. The Morgan fingerprint density at radius 3 is 3.10 bits per heavy atom. The molecule has 5 nitrogen and oxygen atoms in total. The fraction of sp³-hybridized carbons (Fsp3) is 0.733. The van der Waals surface area contributed by atoms with E-state index in [4.69, 9.17) is 10.5 Å². The molecule has 1 fully saturated rings. The maximum absolute atomic E-state index is 12.4. The quantitative estimate of drug-likeness (QED) is 0.904. The van der Waals surface area contributed by atoms with E-state index in [-0.39, 0.29) is 24.1 Å². The minimum atomic E-state index is -0.00393. The van der Waals surface area contributed by atoms with E-state index in [1.54, 1.807) is 11.3 Å². The van der Waals surface area contributed by atoms with Crippen LogP contribution >= 0.6 is 11.3 Å². The number of piperidine rings is 1. The van der Waals surface area contributed by atoms with Crippen LogP contribution in [0.2, 0.25) is 0 Å². The van der Waals surface area contributed by atoms with Gasteiger partial charge in [-0.25, -0.2) is 4.98 Å². The van der Waals surface area contributed by atoms with Crippen molar-refractivity contribution in [2.75, 3.05) is 13.2 Å². The van der Waals surface area contributed by atoms with Crippen molar-refractivity contribution in [2.45, 2.75) is 58.2 Å². The largest absolute Gasteiger partial charge is 0.372 e. The highest BCUT2D eigenvalue weighted by molar-refractivity contribution is 7.09. The van der Waals surface area contributed by atoms with Gasteiger partial charge in [0.2, 0.25) is 5.91 Å². The van der Waals surface area contributed by atoms with Gasteiger partial charge in [0, 0.05) is 30.6 Å². The van der Waals surface area contributed by atoms with Crippen LogP contribution in [-0.4, -0.2) is 41.0 Å². The van der Waals surface area contributed by atoms with E-state index < -0.39 is 0 Å². The van der Waals surface area contributed by atoms with Crippen LogP contribution < -0.4 is 5.73 Å². The van der Waals surface area contributed by atoms with E-state index in [1.165, 1.54) is 0 Å². The number of nitrogens with zero attached hydrogens (tertiary/aromatic N) is 2. The summed E-state index contributed by atoms with van der Waals surface area (Å²) in [5, 5.41) is 2.90. The van der Waals surface area contributed by atoms with Gasteiger partial charge in [0.15, 0.2) is 0 Å². The SMILES string of the molecule is CCO[C@H](C)c1nc(CC(=O)N2CC[C@H](N)C[C@H]2C)cs1. The van der Waals surface area contributed by atoms with Gasteiger partial charge >= 0.3 is 0 Å². The third-order valence-electron chi connectivity index (χ3n) is 3.90. The predicted octanol–water partition coefficient (Wildman–Crippen LogP) is 2.12. The van der Waals surface area contributed by atoms with Gasteiger partial charge in [-0.2, -0.15) is 0 Å². The number of hydrogen-bond acceptors (Lipinski definition) is 5. The van der Waals surface area contributed by atoms with Crippen LogP contribution in [0.15, 0.2) is 5.38 Å². The van der Waals surface area contributed by atoms with Gasteiger partial charge in [-0.05, 0) is 33.6 Å². The van der Waals surface area contributed by atoms with E-state index in [9.17, 15) is 4.79 Å². The summed E-state index contributed by atoms with van der Waals surface area (Å²) in [6, 6.07) is 0.448.